The minimum absolute atomic E-state index is 0.0734. The fraction of sp³-hybridized carbons (Fsp3) is 0.273. The van der Waals surface area contributed by atoms with Gasteiger partial charge in [0.15, 0.2) is 0 Å². The molecular weight excluding hydrogens is 338 g/mol. The van der Waals surface area contributed by atoms with Gasteiger partial charge in [-0.3, -0.25) is 14.7 Å². The molecule has 1 aromatic heterocycles. The van der Waals surface area contributed by atoms with E-state index in [2.05, 4.69) is 27.3 Å². The van der Waals surface area contributed by atoms with Gasteiger partial charge in [0.2, 0.25) is 0 Å². The molecule has 0 aliphatic carbocycles. The van der Waals surface area contributed by atoms with Crippen LogP contribution in [0.2, 0.25) is 0 Å². The summed E-state index contributed by atoms with van der Waals surface area (Å²) in [6.45, 7) is 4.02. The van der Waals surface area contributed by atoms with Crippen LogP contribution in [0.15, 0.2) is 66.9 Å². The zero-order valence-corrected chi connectivity index (χ0v) is 15.2. The third kappa shape index (κ3) is 4.15. The minimum atomic E-state index is -0.0799. The van der Waals surface area contributed by atoms with Gasteiger partial charge in [-0.05, 0) is 23.8 Å². The molecule has 5 heteroatoms. The van der Waals surface area contributed by atoms with E-state index in [9.17, 15) is 4.79 Å². The van der Waals surface area contributed by atoms with Gasteiger partial charge in [-0.15, -0.1) is 0 Å². The van der Waals surface area contributed by atoms with Crippen LogP contribution in [-0.4, -0.2) is 48.6 Å². The summed E-state index contributed by atoms with van der Waals surface area (Å²) < 4.78 is 5.45. The van der Waals surface area contributed by atoms with Crippen LogP contribution in [0, 0.1) is 0 Å². The summed E-state index contributed by atoms with van der Waals surface area (Å²) in [6.07, 6.45) is 1.75. The molecule has 1 amide bonds. The van der Waals surface area contributed by atoms with Gasteiger partial charge in [-0.1, -0.05) is 42.5 Å². The van der Waals surface area contributed by atoms with Gasteiger partial charge in [0.1, 0.15) is 0 Å². The van der Waals surface area contributed by atoms with Crippen LogP contribution in [0.4, 0.5) is 0 Å². The van der Waals surface area contributed by atoms with Crippen molar-refractivity contribution >= 4 is 16.8 Å². The van der Waals surface area contributed by atoms with Crippen molar-refractivity contribution in [3.05, 3.63) is 78.0 Å². The Kier molecular flexibility index (Phi) is 5.42. The second-order valence-electron chi connectivity index (χ2n) is 6.73. The predicted octanol–water partition coefficient (Wildman–Crippen LogP) is 3.04. The average Bonchev–Trinajstić information content (AvgIpc) is 2.74. The van der Waals surface area contributed by atoms with Crippen molar-refractivity contribution < 1.29 is 9.53 Å². The van der Waals surface area contributed by atoms with E-state index in [0.717, 1.165) is 49.3 Å². The Hall–Kier alpha value is -2.76. The summed E-state index contributed by atoms with van der Waals surface area (Å²) in [7, 11) is 0. The highest BCUT2D eigenvalue weighted by atomic mass is 16.5. The van der Waals surface area contributed by atoms with Crippen LogP contribution in [0.1, 0.15) is 22.0 Å². The third-order valence-corrected chi connectivity index (χ3v) is 4.94. The number of amides is 1. The molecule has 27 heavy (non-hydrogen) atoms. The average molecular weight is 361 g/mol. The van der Waals surface area contributed by atoms with Crippen LogP contribution in [0.25, 0.3) is 10.9 Å². The number of morpholine rings is 1. The van der Waals surface area contributed by atoms with E-state index in [-0.39, 0.29) is 11.9 Å². The highest BCUT2D eigenvalue weighted by molar-refractivity contribution is 6.06. The molecule has 3 aromatic rings. The van der Waals surface area contributed by atoms with Crippen molar-refractivity contribution in [1.29, 1.82) is 0 Å². The number of aromatic nitrogens is 1. The Bertz CT molecular complexity index is 902. The Morgan fingerprint density at radius 2 is 1.85 bits per heavy atom. The van der Waals surface area contributed by atoms with E-state index in [1.165, 1.54) is 0 Å². The molecule has 4 rings (SSSR count). The summed E-state index contributed by atoms with van der Waals surface area (Å²) in [5.41, 5.74) is 2.59. The second kappa shape index (κ2) is 8.29. The minimum Gasteiger partial charge on any atom is -0.379 e. The zero-order chi connectivity index (χ0) is 18.5. The van der Waals surface area contributed by atoms with E-state index in [1.807, 2.05) is 48.5 Å². The zero-order valence-electron chi connectivity index (χ0n) is 15.2. The number of rotatable bonds is 5. The van der Waals surface area contributed by atoms with Crippen molar-refractivity contribution in [1.82, 2.24) is 15.2 Å². The lowest BCUT2D eigenvalue weighted by Crippen LogP contribution is -2.43. The van der Waals surface area contributed by atoms with Crippen LogP contribution >= 0.6 is 0 Å². The van der Waals surface area contributed by atoms with E-state index in [0.29, 0.717) is 5.56 Å². The molecule has 1 fully saturated rings. The quantitative estimate of drug-likeness (QED) is 0.759. The molecule has 0 radical (unpaired) electrons. The number of nitrogens with one attached hydrogen (secondary N) is 1. The first kappa shape index (κ1) is 17.6. The molecule has 1 aliphatic rings. The van der Waals surface area contributed by atoms with Crippen molar-refractivity contribution in [3.63, 3.8) is 0 Å². The highest BCUT2D eigenvalue weighted by Gasteiger charge is 2.21. The normalized spacial score (nSPS) is 16.1. The lowest BCUT2D eigenvalue weighted by molar-refractivity contribution is 0.0332. The number of carbonyl (C=O) groups excluding carboxylic acids is 1. The maximum atomic E-state index is 13.1. The van der Waals surface area contributed by atoms with Gasteiger partial charge in [0, 0.05) is 36.8 Å². The fourth-order valence-electron chi connectivity index (χ4n) is 3.50. The fourth-order valence-corrected chi connectivity index (χ4v) is 3.50. The summed E-state index contributed by atoms with van der Waals surface area (Å²) in [5, 5.41) is 4.11. The van der Waals surface area contributed by atoms with E-state index < -0.39 is 0 Å². The number of nitrogens with zero attached hydrogens (tertiary/aromatic N) is 2. The van der Waals surface area contributed by atoms with Crippen molar-refractivity contribution in [2.24, 2.45) is 0 Å². The Labute approximate surface area is 159 Å². The molecule has 1 aliphatic heterocycles. The van der Waals surface area contributed by atoms with Gasteiger partial charge in [0.25, 0.3) is 5.91 Å². The summed E-state index contributed by atoms with van der Waals surface area (Å²) in [6, 6.07) is 19.5. The summed E-state index contributed by atoms with van der Waals surface area (Å²) in [4.78, 5) is 19.8. The molecule has 1 atom stereocenters. The van der Waals surface area contributed by atoms with Crippen LogP contribution in [0.5, 0.6) is 0 Å². The molecule has 2 heterocycles. The number of benzene rings is 2. The standard InChI is InChI=1S/C22H23N3O2/c26-22(19-8-4-10-20-18(19)9-5-11-23-20)24-21(17-6-2-1-3-7-17)16-25-12-14-27-15-13-25/h1-11,21H,12-16H2,(H,24,26). The number of pyridine rings is 1. The molecule has 1 saturated heterocycles. The van der Waals surface area contributed by atoms with Gasteiger partial charge < -0.3 is 10.1 Å². The van der Waals surface area contributed by atoms with Crippen molar-refractivity contribution in [2.45, 2.75) is 6.04 Å². The predicted molar refractivity (Wildman–Crippen MR) is 106 cm³/mol. The first-order chi connectivity index (χ1) is 13.3. The van der Waals surface area contributed by atoms with E-state index in [1.54, 1.807) is 6.20 Å². The molecule has 1 N–H and O–H groups in total. The number of hydrogen-bond donors (Lipinski definition) is 1. The van der Waals surface area contributed by atoms with Crippen molar-refractivity contribution in [3.8, 4) is 0 Å². The number of ether oxygens (including phenoxy) is 1. The topological polar surface area (TPSA) is 54.5 Å². The highest BCUT2D eigenvalue weighted by Crippen LogP contribution is 2.20. The third-order valence-electron chi connectivity index (χ3n) is 4.94. The first-order valence-electron chi connectivity index (χ1n) is 9.31. The van der Waals surface area contributed by atoms with Gasteiger partial charge in [-0.25, -0.2) is 0 Å². The lowest BCUT2D eigenvalue weighted by Gasteiger charge is -2.31. The van der Waals surface area contributed by atoms with Crippen molar-refractivity contribution in [2.75, 3.05) is 32.8 Å². The Balaban J connectivity index is 1.59. The molecular formula is C22H23N3O2. The number of fused-ring (bicyclic) bond motifs is 1. The summed E-state index contributed by atoms with van der Waals surface area (Å²) in [5.74, 6) is -0.0734. The summed E-state index contributed by atoms with van der Waals surface area (Å²) >= 11 is 0. The Morgan fingerprint density at radius 3 is 2.67 bits per heavy atom. The second-order valence-corrected chi connectivity index (χ2v) is 6.73. The molecule has 0 saturated carbocycles. The van der Waals surface area contributed by atoms with Crippen LogP contribution < -0.4 is 5.32 Å². The molecule has 0 bridgehead atoms. The molecule has 138 valence electrons. The smallest absolute Gasteiger partial charge is 0.252 e. The van der Waals surface area contributed by atoms with Gasteiger partial charge >= 0.3 is 0 Å². The number of hydrogen-bond acceptors (Lipinski definition) is 4. The maximum absolute atomic E-state index is 13.1. The Morgan fingerprint density at radius 1 is 1.04 bits per heavy atom. The largest absolute Gasteiger partial charge is 0.379 e. The molecule has 2 aromatic carbocycles. The number of carbonyl (C=O) groups is 1. The monoisotopic (exact) mass is 361 g/mol. The van der Waals surface area contributed by atoms with Gasteiger partial charge in [-0.2, -0.15) is 0 Å². The van der Waals surface area contributed by atoms with Crippen LogP contribution in [0.3, 0.4) is 0 Å². The van der Waals surface area contributed by atoms with Crippen LogP contribution in [-0.2, 0) is 4.74 Å². The first-order valence-corrected chi connectivity index (χ1v) is 9.31. The maximum Gasteiger partial charge on any atom is 0.252 e. The lowest BCUT2D eigenvalue weighted by atomic mass is 10.0. The van der Waals surface area contributed by atoms with Gasteiger partial charge in [0.05, 0.1) is 24.8 Å². The molecule has 1 unspecified atom stereocenters. The molecule has 0 spiro atoms. The SMILES string of the molecule is O=C(NC(CN1CCOCC1)c1ccccc1)c1cccc2ncccc12. The molecule has 5 nitrogen and oxygen atoms in total. The van der Waals surface area contributed by atoms with E-state index in [4.69, 9.17) is 4.74 Å². The van der Waals surface area contributed by atoms with E-state index >= 15 is 0 Å².